The van der Waals surface area contributed by atoms with Crippen LogP contribution in [-0.4, -0.2) is 76.5 Å². The average Bonchev–Trinajstić information content (AvgIpc) is 3.43. The van der Waals surface area contributed by atoms with Crippen molar-refractivity contribution in [2.75, 3.05) is 20.9 Å². The molecule has 1 aromatic heterocycles. The number of amides is 2. The van der Waals surface area contributed by atoms with Crippen molar-refractivity contribution in [3.8, 4) is 11.1 Å². The van der Waals surface area contributed by atoms with Crippen LogP contribution in [0.15, 0.2) is 41.2 Å². The Hall–Kier alpha value is -4.03. The second-order valence-electron chi connectivity index (χ2n) is 9.08. The van der Waals surface area contributed by atoms with E-state index in [4.69, 9.17) is 9.47 Å². The number of carbonyl (C=O) groups excluding carboxylic acids is 2. The van der Waals surface area contributed by atoms with Crippen molar-refractivity contribution in [2.24, 2.45) is 0 Å². The van der Waals surface area contributed by atoms with Crippen molar-refractivity contribution < 1.29 is 33.4 Å². The molecule has 0 radical (unpaired) electrons. The van der Waals surface area contributed by atoms with Gasteiger partial charge in [-0.3, -0.25) is 14.4 Å². The highest BCUT2D eigenvalue weighted by Crippen LogP contribution is 2.31. The van der Waals surface area contributed by atoms with Crippen molar-refractivity contribution in [3.63, 3.8) is 0 Å². The Morgan fingerprint density at radius 1 is 1.11 bits per heavy atom. The lowest BCUT2D eigenvalue weighted by molar-refractivity contribution is -0.234. The van der Waals surface area contributed by atoms with Crippen molar-refractivity contribution in [1.29, 1.82) is 0 Å². The summed E-state index contributed by atoms with van der Waals surface area (Å²) in [4.78, 5) is 56.5. The number of hydrogen-bond donors (Lipinski definition) is 4. The van der Waals surface area contributed by atoms with Gasteiger partial charge in [0.05, 0.1) is 23.5 Å². The van der Waals surface area contributed by atoms with Gasteiger partial charge in [0.1, 0.15) is 12.7 Å². The summed E-state index contributed by atoms with van der Waals surface area (Å²) in [6.45, 7) is 0.700. The van der Waals surface area contributed by atoms with Crippen LogP contribution in [0.25, 0.3) is 22.2 Å². The maximum absolute atomic E-state index is 13.9. The third-order valence-electron chi connectivity index (χ3n) is 6.96. The molecule has 0 aliphatic carbocycles. The molecule has 2 aromatic carbocycles. The zero-order chi connectivity index (χ0) is 27.6. The molecule has 0 saturated carbocycles. The van der Waals surface area contributed by atoms with Crippen LogP contribution in [0, 0.1) is 0 Å². The summed E-state index contributed by atoms with van der Waals surface area (Å²) in [6, 6.07) is 8.54. The van der Waals surface area contributed by atoms with Gasteiger partial charge in [0.2, 0.25) is 11.7 Å². The van der Waals surface area contributed by atoms with Crippen molar-refractivity contribution in [3.05, 3.63) is 58.0 Å². The standard InChI is InChI=1S/C26H29FN4O7/c1-4-20(23(34)30-21(11-22(32)33)26(13-27,37-2)38-3)31-12-16-6-5-14(9-17(16)24(31)35)15-7-8-18-19(10-15)29-25(36)28-18/h5-10,20-21H,4,11-13H2,1-3H3,(H,30,34)(H,32,33)(H2,28,29,36)/t20-,21?/m0/s1. The van der Waals surface area contributed by atoms with Crippen LogP contribution in [0.2, 0.25) is 0 Å². The molecule has 3 aromatic rings. The van der Waals surface area contributed by atoms with Gasteiger partial charge in [0, 0.05) is 26.3 Å². The molecule has 11 nitrogen and oxygen atoms in total. The summed E-state index contributed by atoms with van der Waals surface area (Å²) in [6.07, 6.45) is -0.416. The van der Waals surface area contributed by atoms with Crippen molar-refractivity contribution >= 4 is 28.8 Å². The van der Waals surface area contributed by atoms with Crippen LogP contribution < -0.4 is 11.0 Å². The van der Waals surface area contributed by atoms with Crippen LogP contribution in [0.4, 0.5) is 4.39 Å². The topological polar surface area (TPSA) is 154 Å². The van der Waals surface area contributed by atoms with Gasteiger partial charge < -0.3 is 34.8 Å². The summed E-state index contributed by atoms with van der Waals surface area (Å²) >= 11 is 0. The number of carbonyl (C=O) groups is 3. The molecule has 1 aliphatic heterocycles. The van der Waals surface area contributed by atoms with E-state index in [1.807, 2.05) is 18.2 Å². The summed E-state index contributed by atoms with van der Waals surface area (Å²) in [5, 5.41) is 11.9. The van der Waals surface area contributed by atoms with Gasteiger partial charge in [-0.1, -0.05) is 25.1 Å². The molecule has 0 bridgehead atoms. The first kappa shape index (κ1) is 27.0. The van der Waals surface area contributed by atoms with Gasteiger partial charge in [-0.15, -0.1) is 0 Å². The fourth-order valence-electron chi connectivity index (χ4n) is 4.84. The molecular weight excluding hydrogens is 499 g/mol. The van der Waals surface area contributed by atoms with Crippen molar-refractivity contribution in [1.82, 2.24) is 20.2 Å². The molecular formula is C26H29FN4O7. The number of aromatic amines is 2. The van der Waals surface area contributed by atoms with Gasteiger partial charge in [-0.05, 0) is 41.3 Å². The molecule has 2 heterocycles. The molecule has 1 aliphatic rings. The van der Waals surface area contributed by atoms with E-state index >= 15 is 0 Å². The van der Waals surface area contributed by atoms with Crippen LogP contribution in [0.3, 0.4) is 0 Å². The molecule has 12 heteroatoms. The minimum Gasteiger partial charge on any atom is -0.481 e. The Balaban J connectivity index is 1.58. The molecule has 1 unspecified atom stereocenters. The summed E-state index contributed by atoms with van der Waals surface area (Å²) in [5.41, 5.74) is 3.71. The second-order valence-corrected chi connectivity index (χ2v) is 9.08. The number of benzene rings is 2. The lowest BCUT2D eigenvalue weighted by atomic mass is 10.00. The first-order chi connectivity index (χ1) is 18.2. The predicted molar refractivity (Wildman–Crippen MR) is 135 cm³/mol. The van der Waals surface area contributed by atoms with E-state index in [0.717, 1.165) is 30.9 Å². The third-order valence-corrected chi connectivity index (χ3v) is 6.96. The second kappa shape index (κ2) is 10.8. The summed E-state index contributed by atoms with van der Waals surface area (Å²) < 4.78 is 24.1. The minimum absolute atomic E-state index is 0.178. The quantitative estimate of drug-likeness (QED) is 0.278. The lowest BCUT2D eigenvalue weighted by Crippen LogP contribution is -2.60. The smallest absolute Gasteiger partial charge is 0.323 e. The van der Waals surface area contributed by atoms with Crippen molar-refractivity contribution in [2.45, 2.75) is 44.2 Å². The van der Waals surface area contributed by atoms with Gasteiger partial charge in [0.15, 0.2) is 0 Å². The number of hydrogen-bond acceptors (Lipinski definition) is 6. The number of carboxylic acids is 1. The number of carboxylic acid groups (broad SMARTS) is 1. The zero-order valence-electron chi connectivity index (χ0n) is 21.2. The molecule has 38 heavy (non-hydrogen) atoms. The van der Waals surface area contributed by atoms with Crippen LogP contribution in [-0.2, 0) is 25.6 Å². The SMILES string of the molecule is CC[C@@H](C(=O)NC(CC(=O)O)C(CF)(OC)OC)N1Cc2ccc(-c3ccc4[nH]c(=O)[nH]c4c3)cc2C1=O. The number of fused-ring (bicyclic) bond motifs is 2. The number of nitrogens with one attached hydrogen (secondary N) is 3. The summed E-state index contributed by atoms with van der Waals surface area (Å²) in [5.74, 6) is -4.28. The maximum Gasteiger partial charge on any atom is 0.323 e. The van der Waals surface area contributed by atoms with Gasteiger partial charge in [0.25, 0.3) is 5.91 Å². The normalized spacial score (nSPS) is 14.9. The van der Waals surface area contributed by atoms with E-state index < -0.39 is 42.8 Å². The number of aliphatic carboxylic acids is 1. The fourth-order valence-corrected chi connectivity index (χ4v) is 4.84. The number of alkyl halides is 1. The largest absolute Gasteiger partial charge is 0.481 e. The highest BCUT2D eigenvalue weighted by atomic mass is 19.1. The zero-order valence-corrected chi connectivity index (χ0v) is 21.2. The number of ether oxygens (including phenoxy) is 2. The predicted octanol–water partition coefficient (Wildman–Crippen LogP) is 2.18. The van der Waals surface area contributed by atoms with E-state index in [1.54, 1.807) is 25.1 Å². The Kier molecular flexibility index (Phi) is 7.65. The Morgan fingerprint density at radius 2 is 1.76 bits per heavy atom. The first-order valence-corrected chi connectivity index (χ1v) is 12.0. The molecule has 2 amide bonds. The number of nitrogens with zero attached hydrogens (tertiary/aromatic N) is 1. The number of methoxy groups -OCH3 is 2. The molecule has 202 valence electrons. The van der Waals surface area contributed by atoms with Crippen LogP contribution >= 0.6 is 0 Å². The van der Waals surface area contributed by atoms with Gasteiger partial charge in [-0.2, -0.15) is 0 Å². The lowest BCUT2D eigenvalue weighted by Gasteiger charge is -2.37. The molecule has 0 fully saturated rings. The Morgan fingerprint density at radius 3 is 2.39 bits per heavy atom. The molecule has 2 atom stereocenters. The molecule has 4 rings (SSSR count). The van der Waals surface area contributed by atoms with Crippen LogP contribution in [0.5, 0.6) is 0 Å². The highest BCUT2D eigenvalue weighted by molar-refractivity contribution is 6.02. The number of rotatable bonds is 11. The Bertz CT molecular complexity index is 1420. The fraction of sp³-hybridized carbons (Fsp3) is 0.385. The average molecular weight is 529 g/mol. The number of imidazole rings is 1. The number of H-pyrrole nitrogens is 2. The van der Waals surface area contributed by atoms with E-state index in [1.165, 1.54) is 4.90 Å². The van der Waals surface area contributed by atoms with E-state index in [-0.39, 0.29) is 24.6 Å². The minimum atomic E-state index is -2.00. The molecule has 0 saturated heterocycles. The molecule has 0 spiro atoms. The number of halogens is 1. The maximum atomic E-state index is 13.9. The van der Waals surface area contributed by atoms with Gasteiger partial charge >= 0.3 is 11.7 Å². The highest BCUT2D eigenvalue weighted by Gasteiger charge is 2.44. The van der Waals surface area contributed by atoms with E-state index in [9.17, 15) is 28.7 Å². The van der Waals surface area contributed by atoms with Crippen LogP contribution in [0.1, 0.15) is 35.7 Å². The van der Waals surface area contributed by atoms with E-state index in [2.05, 4.69) is 15.3 Å². The van der Waals surface area contributed by atoms with Gasteiger partial charge in [-0.25, -0.2) is 9.18 Å². The first-order valence-electron chi connectivity index (χ1n) is 12.0. The summed E-state index contributed by atoms with van der Waals surface area (Å²) in [7, 11) is 2.32. The number of aromatic nitrogens is 2. The molecule has 4 N–H and O–H groups in total. The third kappa shape index (κ3) is 4.92. The van der Waals surface area contributed by atoms with E-state index in [0.29, 0.717) is 16.6 Å². The Labute approximate surface area is 216 Å². The monoisotopic (exact) mass is 528 g/mol.